The number of hydrogen-bond acceptors (Lipinski definition) is 5. The van der Waals surface area contributed by atoms with Gasteiger partial charge in [-0.1, -0.05) is 12.1 Å². The number of likely N-dealkylation sites (N-methyl/N-ethyl adjacent to an activating group) is 1. The normalized spacial score (nSPS) is 19.0. The van der Waals surface area contributed by atoms with Gasteiger partial charge in [0.2, 0.25) is 11.8 Å². The molecule has 2 atom stereocenters. The summed E-state index contributed by atoms with van der Waals surface area (Å²) in [7, 11) is 0.925. The second-order valence-corrected chi connectivity index (χ2v) is 6.39. The van der Waals surface area contributed by atoms with Crippen LogP contribution in [-0.4, -0.2) is 53.6 Å². The molecule has 22 heavy (non-hydrogen) atoms. The molecular weight excluding hydrogens is 301 g/mol. The van der Waals surface area contributed by atoms with E-state index in [2.05, 4.69) is 10.6 Å². The number of benzene rings is 1. The van der Waals surface area contributed by atoms with Gasteiger partial charge in [-0.3, -0.25) is 9.59 Å². The van der Waals surface area contributed by atoms with Crippen LogP contribution in [0, 0.1) is 0 Å². The highest BCUT2D eigenvalue weighted by atomic mass is 32.2. The van der Waals surface area contributed by atoms with Gasteiger partial charge in [0.25, 0.3) is 0 Å². The van der Waals surface area contributed by atoms with Crippen molar-refractivity contribution in [3.8, 4) is 0 Å². The summed E-state index contributed by atoms with van der Waals surface area (Å²) in [6.45, 7) is 3.28. The van der Waals surface area contributed by atoms with Crippen LogP contribution in [0.3, 0.4) is 0 Å². The highest BCUT2D eigenvalue weighted by Crippen LogP contribution is 2.30. The van der Waals surface area contributed by atoms with Crippen LogP contribution in [0.5, 0.6) is 0 Å². The van der Waals surface area contributed by atoms with E-state index in [1.807, 2.05) is 24.3 Å². The van der Waals surface area contributed by atoms with Crippen LogP contribution in [0.2, 0.25) is 6.82 Å². The molecule has 0 radical (unpaired) electrons. The lowest BCUT2D eigenvalue weighted by Gasteiger charge is -2.26. The Bertz CT molecular complexity index is 570. The molecule has 118 valence electrons. The third-order valence-corrected chi connectivity index (χ3v) is 4.93. The summed E-state index contributed by atoms with van der Waals surface area (Å²) in [5.74, 6) is -0.0347. The maximum Gasteiger partial charge on any atom is 0.376 e. The number of nitrogens with zero attached hydrogens (tertiary/aromatic N) is 1. The molecule has 8 heteroatoms. The fourth-order valence-corrected chi connectivity index (χ4v) is 3.10. The summed E-state index contributed by atoms with van der Waals surface area (Å²) in [4.78, 5) is 27.0. The number of rotatable bonds is 4. The summed E-state index contributed by atoms with van der Waals surface area (Å²) in [6, 6.07) is 6.43. The van der Waals surface area contributed by atoms with E-state index in [9.17, 15) is 14.6 Å². The maximum atomic E-state index is 12.2. The summed E-state index contributed by atoms with van der Waals surface area (Å²) in [5, 5.41) is 15.1. The first-order chi connectivity index (χ1) is 10.4. The van der Waals surface area contributed by atoms with Crippen LogP contribution in [0.4, 0.5) is 5.69 Å². The second-order valence-electron chi connectivity index (χ2n) is 5.33. The molecule has 6 nitrogen and oxygen atoms in total. The summed E-state index contributed by atoms with van der Waals surface area (Å²) >= 11 is 1.53. The Labute approximate surface area is 134 Å². The molecule has 2 rings (SSSR count). The van der Waals surface area contributed by atoms with Crippen molar-refractivity contribution in [2.75, 3.05) is 18.1 Å². The lowest BCUT2D eigenvalue weighted by Crippen LogP contribution is -2.54. The Balaban J connectivity index is 2.02. The van der Waals surface area contributed by atoms with Gasteiger partial charge in [0.1, 0.15) is 6.04 Å². The Kier molecular flexibility index (Phi) is 5.49. The predicted octanol–water partition coefficient (Wildman–Crippen LogP) is 0.646. The zero-order valence-corrected chi connectivity index (χ0v) is 13.7. The van der Waals surface area contributed by atoms with E-state index in [1.165, 1.54) is 16.6 Å². The molecule has 0 saturated carbocycles. The topological polar surface area (TPSA) is 81.7 Å². The Morgan fingerprint density at radius 2 is 2.23 bits per heavy atom. The van der Waals surface area contributed by atoms with Crippen LogP contribution >= 0.6 is 11.8 Å². The molecule has 0 saturated heterocycles. The summed E-state index contributed by atoms with van der Waals surface area (Å²) in [5.41, 5.74) is 0.767. The molecular formula is C14H20BN3O3S. The van der Waals surface area contributed by atoms with Crippen molar-refractivity contribution in [3.63, 3.8) is 0 Å². The first-order valence-electron chi connectivity index (χ1n) is 7.13. The fourth-order valence-electron chi connectivity index (χ4n) is 2.07. The summed E-state index contributed by atoms with van der Waals surface area (Å²) < 4.78 is 0. The Morgan fingerprint density at radius 3 is 2.91 bits per heavy atom. The van der Waals surface area contributed by atoms with Crippen LogP contribution < -0.4 is 10.6 Å². The van der Waals surface area contributed by atoms with E-state index < -0.39 is 19.1 Å². The van der Waals surface area contributed by atoms with Gasteiger partial charge in [-0.05, 0) is 32.9 Å². The molecule has 0 spiro atoms. The standard InChI is InChI=1S/C14H20BN3O3S/c1-9(18(3)15(2)21)13(19)17-11-8-22-12-7-5-4-6-10(12)16-14(11)20/h4-7,9,11,21H,8H2,1-3H3,(H,16,20)(H,17,19)/t9-,11?/m0/s1. The van der Waals surface area contributed by atoms with Crippen LogP contribution in [0.25, 0.3) is 0 Å². The monoisotopic (exact) mass is 321 g/mol. The van der Waals surface area contributed by atoms with E-state index >= 15 is 0 Å². The predicted molar refractivity (Wildman–Crippen MR) is 88.8 cm³/mol. The van der Waals surface area contributed by atoms with Gasteiger partial charge in [-0.25, -0.2) is 0 Å². The van der Waals surface area contributed by atoms with Gasteiger partial charge in [0.15, 0.2) is 0 Å². The third-order valence-electron chi connectivity index (χ3n) is 3.76. The van der Waals surface area contributed by atoms with Crippen molar-refractivity contribution in [2.45, 2.75) is 30.7 Å². The minimum atomic E-state index is -0.734. The van der Waals surface area contributed by atoms with Crippen molar-refractivity contribution in [3.05, 3.63) is 24.3 Å². The minimum Gasteiger partial charge on any atom is -0.437 e. The quantitative estimate of drug-likeness (QED) is 0.709. The average Bonchev–Trinajstić information content (AvgIpc) is 2.65. The summed E-state index contributed by atoms with van der Waals surface area (Å²) in [6.07, 6.45) is 0. The molecule has 1 aromatic rings. The van der Waals surface area contributed by atoms with Gasteiger partial charge in [0.05, 0.1) is 11.7 Å². The van der Waals surface area contributed by atoms with Crippen LogP contribution in [0.1, 0.15) is 6.92 Å². The highest BCUT2D eigenvalue weighted by molar-refractivity contribution is 7.99. The molecule has 1 heterocycles. The Morgan fingerprint density at radius 1 is 1.55 bits per heavy atom. The van der Waals surface area contributed by atoms with Crippen LogP contribution in [-0.2, 0) is 9.59 Å². The molecule has 0 fully saturated rings. The van der Waals surface area contributed by atoms with Crippen molar-refractivity contribution in [1.29, 1.82) is 0 Å². The number of amides is 2. The largest absolute Gasteiger partial charge is 0.437 e. The first kappa shape index (κ1) is 16.9. The van der Waals surface area contributed by atoms with Crippen molar-refractivity contribution < 1.29 is 14.6 Å². The smallest absolute Gasteiger partial charge is 0.376 e. The first-order valence-corrected chi connectivity index (χ1v) is 8.11. The maximum absolute atomic E-state index is 12.2. The van der Waals surface area contributed by atoms with E-state index in [1.54, 1.807) is 20.8 Å². The number of anilines is 1. The molecule has 0 aliphatic carbocycles. The fraction of sp³-hybridized carbons (Fsp3) is 0.429. The van der Waals surface area contributed by atoms with Gasteiger partial charge in [-0.2, -0.15) is 0 Å². The number of carbonyl (C=O) groups excluding carboxylic acids is 2. The molecule has 2 amide bonds. The average molecular weight is 321 g/mol. The number of fused-ring (bicyclic) bond motifs is 1. The van der Waals surface area contributed by atoms with Gasteiger partial charge < -0.3 is 20.5 Å². The SMILES string of the molecule is CB(O)N(C)[C@@H](C)C(=O)NC1CSc2ccccc2NC1=O. The molecule has 3 N–H and O–H groups in total. The Hall–Kier alpha value is -1.51. The van der Waals surface area contributed by atoms with E-state index in [-0.39, 0.29) is 11.8 Å². The molecule has 1 unspecified atom stereocenters. The molecule has 1 aliphatic rings. The number of thioether (sulfide) groups is 1. The number of hydrogen-bond donors (Lipinski definition) is 3. The zero-order valence-electron chi connectivity index (χ0n) is 12.9. The zero-order chi connectivity index (χ0) is 16.3. The van der Waals surface area contributed by atoms with Crippen molar-refractivity contribution in [2.24, 2.45) is 0 Å². The molecule has 1 aromatic carbocycles. The van der Waals surface area contributed by atoms with Gasteiger partial charge >= 0.3 is 7.05 Å². The highest BCUT2D eigenvalue weighted by Gasteiger charge is 2.29. The second kappa shape index (κ2) is 7.17. The number of para-hydroxylation sites is 1. The van der Waals surface area contributed by atoms with Crippen molar-refractivity contribution in [1.82, 2.24) is 10.1 Å². The third kappa shape index (κ3) is 3.82. The van der Waals surface area contributed by atoms with E-state index in [0.717, 1.165) is 10.6 Å². The van der Waals surface area contributed by atoms with Gasteiger partial charge in [-0.15, -0.1) is 11.8 Å². The number of nitrogens with one attached hydrogen (secondary N) is 2. The minimum absolute atomic E-state index is 0.224. The van der Waals surface area contributed by atoms with E-state index in [0.29, 0.717) is 5.75 Å². The van der Waals surface area contributed by atoms with Crippen molar-refractivity contribution >= 4 is 36.3 Å². The molecule has 0 aromatic heterocycles. The van der Waals surface area contributed by atoms with Gasteiger partial charge in [0, 0.05) is 10.6 Å². The number of carbonyl (C=O) groups is 2. The lowest BCUT2D eigenvalue weighted by molar-refractivity contribution is -0.128. The molecule has 0 bridgehead atoms. The molecule has 1 aliphatic heterocycles. The lowest BCUT2D eigenvalue weighted by atomic mass is 9.84. The van der Waals surface area contributed by atoms with E-state index in [4.69, 9.17) is 0 Å². The van der Waals surface area contributed by atoms with Crippen LogP contribution in [0.15, 0.2) is 29.2 Å².